The fourth-order valence-corrected chi connectivity index (χ4v) is 3.47. The predicted molar refractivity (Wildman–Crippen MR) is 107 cm³/mol. The van der Waals surface area contributed by atoms with Crippen LogP contribution in [0, 0.1) is 5.92 Å². The first-order valence-corrected chi connectivity index (χ1v) is 9.88. The third-order valence-electron chi connectivity index (χ3n) is 5.18. The van der Waals surface area contributed by atoms with Gasteiger partial charge in [0.15, 0.2) is 6.61 Å². The number of benzene rings is 1. The maximum absolute atomic E-state index is 12.5. The van der Waals surface area contributed by atoms with E-state index in [-0.39, 0.29) is 24.1 Å². The molecule has 1 amide bonds. The van der Waals surface area contributed by atoms with E-state index in [4.69, 9.17) is 9.47 Å². The summed E-state index contributed by atoms with van der Waals surface area (Å²) in [7, 11) is 1.61. The second-order valence-electron chi connectivity index (χ2n) is 7.18. The topological polar surface area (TPSA) is 108 Å². The number of amides is 1. The molecule has 1 saturated carbocycles. The summed E-state index contributed by atoms with van der Waals surface area (Å²) in [5.41, 5.74) is 1.92. The minimum absolute atomic E-state index is 0.110. The van der Waals surface area contributed by atoms with Crippen molar-refractivity contribution in [1.82, 2.24) is 24.9 Å². The van der Waals surface area contributed by atoms with Crippen molar-refractivity contribution in [1.29, 1.82) is 0 Å². The largest absolute Gasteiger partial charge is 0.497 e. The quantitative estimate of drug-likeness (QED) is 0.568. The lowest BCUT2D eigenvalue weighted by atomic mass is 10.0. The van der Waals surface area contributed by atoms with Gasteiger partial charge in [-0.25, -0.2) is 14.3 Å². The number of nitrogens with zero attached hydrogens (tertiary/aromatic N) is 4. The van der Waals surface area contributed by atoms with Crippen LogP contribution >= 0.6 is 0 Å². The summed E-state index contributed by atoms with van der Waals surface area (Å²) in [5, 5.41) is 7.08. The van der Waals surface area contributed by atoms with Crippen LogP contribution in [0.1, 0.15) is 47.4 Å². The van der Waals surface area contributed by atoms with E-state index in [1.807, 2.05) is 31.2 Å². The van der Waals surface area contributed by atoms with Gasteiger partial charge < -0.3 is 14.8 Å². The lowest BCUT2D eigenvalue weighted by Crippen LogP contribution is -2.33. The number of carbonyl (C=O) groups is 2. The van der Waals surface area contributed by atoms with Crippen molar-refractivity contribution in [3.8, 4) is 5.75 Å². The molecule has 4 rings (SSSR count). The van der Waals surface area contributed by atoms with Gasteiger partial charge in [-0.05, 0) is 42.9 Å². The van der Waals surface area contributed by atoms with E-state index >= 15 is 0 Å². The number of rotatable bonds is 8. The highest BCUT2D eigenvalue weighted by Crippen LogP contribution is 2.41. The maximum Gasteiger partial charge on any atom is 0.342 e. The minimum Gasteiger partial charge on any atom is -0.497 e. The number of nitrogens with one attached hydrogen (secondary N) is 1. The van der Waals surface area contributed by atoms with Crippen LogP contribution in [0.15, 0.2) is 36.8 Å². The average Bonchev–Trinajstić information content (AvgIpc) is 3.51. The SMILES string of the molecule is CCc1c(C(=O)OCC(=O)NC(c2ccc(OC)cc2)C2CC2)cnc2ncnn12. The number of aromatic nitrogens is 4. The van der Waals surface area contributed by atoms with Crippen molar-refractivity contribution < 1.29 is 19.1 Å². The van der Waals surface area contributed by atoms with Crippen molar-refractivity contribution >= 4 is 17.7 Å². The Labute approximate surface area is 173 Å². The van der Waals surface area contributed by atoms with Gasteiger partial charge in [0.2, 0.25) is 0 Å². The molecule has 1 atom stereocenters. The molecule has 0 saturated heterocycles. The van der Waals surface area contributed by atoms with E-state index in [1.54, 1.807) is 7.11 Å². The number of hydrogen-bond acceptors (Lipinski definition) is 7. The summed E-state index contributed by atoms with van der Waals surface area (Å²) in [6.07, 6.45) is 5.44. The third kappa shape index (κ3) is 4.10. The number of carbonyl (C=O) groups excluding carboxylic acids is 2. The number of esters is 1. The van der Waals surface area contributed by atoms with Crippen LogP contribution in [0.5, 0.6) is 5.75 Å². The van der Waals surface area contributed by atoms with E-state index in [2.05, 4.69) is 20.4 Å². The van der Waals surface area contributed by atoms with Crippen LogP contribution in [0.3, 0.4) is 0 Å². The minimum atomic E-state index is -0.612. The Kier molecular flexibility index (Phi) is 5.60. The highest BCUT2D eigenvalue weighted by atomic mass is 16.5. The number of ether oxygens (including phenoxy) is 2. The Bertz CT molecular complexity index is 1060. The van der Waals surface area contributed by atoms with Gasteiger partial charge in [0, 0.05) is 6.20 Å². The van der Waals surface area contributed by atoms with Gasteiger partial charge in [-0.1, -0.05) is 19.1 Å². The molecule has 1 aliphatic rings. The number of fused-ring (bicyclic) bond motifs is 1. The van der Waals surface area contributed by atoms with E-state index in [1.165, 1.54) is 17.0 Å². The van der Waals surface area contributed by atoms with Crippen LogP contribution in [0.4, 0.5) is 0 Å². The molecule has 0 spiro atoms. The van der Waals surface area contributed by atoms with Gasteiger partial charge in [0.1, 0.15) is 12.1 Å². The summed E-state index contributed by atoms with van der Waals surface area (Å²) in [5.74, 6) is 0.609. The van der Waals surface area contributed by atoms with Gasteiger partial charge in [0.05, 0.1) is 24.4 Å². The smallest absolute Gasteiger partial charge is 0.342 e. The van der Waals surface area contributed by atoms with E-state index < -0.39 is 5.97 Å². The van der Waals surface area contributed by atoms with Crippen LogP contribution < -0.4 is 10.1 Å². The molecule has 1 aliphatic carbocycles. The summed E-state index contributed by atoms with van der Waals surface area (Å²) in [4.78, 5) is 33.2. The second-order valence-corrected chi connectivity index (χ2v) is 7.18. The first kappa shape index (κ1) is 19.8. The van der Waals surface area contributed by atoms with E-state index in [0.717, 1.165) is 24.2 Å². The molecule has 1 aromatic carbocycles. The lowest BCUT2D eigenvalue weighted by molar-refractivity contribution is -0.125. The molecule has 2 aromatic heterocycles. The zero-order chi connectivity index (χ0) is 21.1. The lowest BCUT2D eigenvalue weighted by Gasteiger charge is -2.19. The monoisotopic (exact) mass is 409 g/mol. The first-order chi connectivity index (χ1) is 14.6. The van der Waals surface area contributed by atoms with Gasteiger partial charge in [-0.3, -0.25) is 4.79 Å². The summed E-state index contributed by atoms with van der Waals surface area (Å²) >= 11 is 0. The average molecular weight is 409 g/mol. The predicted octanol–water partition coefficient (Wildman–Crippen LogP) is 2.12. The number of methoxy groups -OCH3 is 1. The third-order valence-corrected chi connectivity index (χ3v) is 5.18. The normalized spacial score (nSPS) is 14.3. The van der Waals surface area contributed by atoms with Crippen molar-refractivity contribution in [3.05, 3.63) is 53.6 Å². The molecule has 9 heteroatoms. The van der Waals surface area contributed by atoms with Gasteiger partial charge in [-0.15, -0.1) is 0 Å². The molecule has 1 unspecified atom stereocenters. The summed E-state index contributed by atoms with van der Waals surface area (Å²) < 4.78 is 12.0. The van der Waals surface area contributed by atoms with Crippen molar-refractivity contribution in [2.45, 2.75) is 32.2 Å². The Morgan fingerprint density at radius 3 is 2.67 bits per heavy atom. The molecule has 30 heavy (non-hydrogen) atoms. The molecule has 0 bridgehead atoms. The Morgan fingerprint density at radius 2 is 2.00 bits per heavy atom. The fourth-order valence-electron chi connectivity index (χ4n) is 3.47. The molecule has 156 valence electrons. The zero-order valence-corrected chi connectivity index (χ0v) is 16.9. The first-order valence-electron chi connectivity index (χ1n) is 9.88. The van der Waals surface area contributed by atoms with Gasteiger partial charge in [0.25, 0.3) is 11.7 Å². The summed E-state index contributed by atoms with van der Waals surface area (Å²) in [6.45, 7) is 1.53. The standard InChI is InChI=1S/C21H23N5O4/c1-3-17-16(10-22-21-23-12-24-26(17)21)20(28)30-11-18(27)25-19(13-4-5-13)14-6-8-15(29-2)9-7-14/h6-10,12-13,19H,3-5,11H2,1-2H3,(H,25,27). The molecule has 1 N–H and O–H groups in total. The molecule has 1 fully saturated rings. The Morgan fingerprint density at radius 1 is 1.23 bits per heavy atom. The number of hydrogen-bond donors (Lipinski definition) is 1. The van der Waals surface area contributed by atoms with Crippen molar-refractivity contribution in [2.75, 3.05) is 13.7 Å². The molecule has 9 nitrogen and oxygen atoms in total. The van der Waals surface area contributed by atoms with Crippen LogP contribution in [0.25, 0.3) is 5.78 Å². The van der Waals surface area contributed by atoms with E-state index in [0.29, 0.717) is 23.8 Å². The molecule has 0 radical (unpaired) electrons. The zero-order valence-electron chi connectivity index (χ0n) is 16.9. The Hall–Kier alpha value is -3.49. The van der Waals surface area contributed by atoms with Crippen LogP contribution in [0.2, 0.25) is 0 Å². The second kappa shape index (κ2) is 8.48. The molecule has 3 aromatic rings. The molecule has 2 heterocycles. The highest BCUT2D eigenvalue weighted by Gasteiger charge is 2.33. The molecule has 0 aliphatic heterocycles. The maximum atomic E-state index is 12.5. The fraction of sp³-hybridized carbons (Fsp3) is 0.381. The van der Waals surface area contributed by atoms with Crippen LogP contribution in [-0.2, 0) is 16.0 Å². The van der Waals surface area contributed by atoms with Crippen LogP contribution in [-0.4, -0.2) is 45.2 Å². The summed E-state index contributed by atoms with van der Waals surface area (Å²) in [6, 6.07) is 7.52. The Balaban J connectivity index is 1.40. The molecular weight excluding hydrogens is 386 g/mol. The molecular formula is C21H23N5O4. The van der Waals surface area contributed by atoms with Gasteiger partial charge in [-0.2, -0.15) is 10.1 Å². The highest BCUT2D eigenvalue weighted by molar-refractivity contribution is 5.92. The van der Waals surface area contributed by atoms with E-state index in [9.17, 15) is 9.59 Å². The number of aryl methyl sites for hydroxylation is 1. The van der Waals surface area contributed by atoms with Crippen molar-refractivity contribution in [2.24, 2.45) is 5.92 Å². The van der Waals surface area contributed by atoms with Gasteiger partial charge >= 0.3 is 5.97 Å². The van der Waals surface area contributed by atoms with Crippen molar-refractivity contribution in [3.63, 3.8) is 0 Å².